The molecule has 0 aliphatic heterocycles. The minimum Gasteiger partial charge on any atom is -0.491 e. The minimum atomic E-state index is -0.865. The fourth-order valence-corrected chi connectivity index (χ4v) is 2.41. The lowest BCUT2D eigenvalue weighted by Gasteiger charge is -2.25. The highest BCUT2D eigenvalue weighted by atomic mass is 16.5. The number of carbonyl (C=O) groups is 1. The van der Waals surface area contributed by atoms with Gasteiger partial charge < -0.3 is 14.4 Å². The first kappa shape index (κ1) is 17.0. The quantitative estimate of drug-likeness (QED) is 0.810. The summed E-state index contributed by atoms with van der Waals surface area (Å²) < 4.78 is 7.52. The molecule has 0 unspecified atom stereocenters. The van der Waals surface area contributed by atoms with Gasteiger partial charge in [0.1, 0.15) is 11.8 Å². The number of hydrogen-bond acceptors (Lipinski definition) is 4. The van der Waals surface area contributed by atoms with Crippen LogP contribution in [0.25, 0.3) is 0 Å². The third-order valence-corrected chi connectivity index (χ3v) is 3.51. The first-order chi connectivity index (χ1) is 11.0. The van der Waals surface area contributed by atoms with E-state index in [2.05, 4.69) is 4.98 Å². The van der Waals surface area contributed by atoms with Gasteiger partial charge in [0.25, 0.3) is 0 Å². The number of imidazole rings is 1. The third-order valence-electron chi connectivity index (χ3n) is 3.51. The Morgan fingerprint density at radius 2 is 2.04 bits per heavy atom. The van der Waals surface area contributed by atoms with Gasteiger partial charge in [-0.2, -0.15) is 0 Å². The summed E-state index contributed by atoms with van der Waals surface area (Å²) in [6.07, 6.45) is 5.39. The number of aromatic nitrogens is 2. The van der Waals surface area contributed by atoms with Crippen molar-refractivity contribution in [1.29, 1.82) is 0 Å². The fourth-order valence-electron chi connectivity index (χ4n) is 2.41. The molecule has 1 atom stereocenters. The van der Waals surface area contributed by atoms with Crippen molar-refractivity contribution in [3.05, 3.63) is 48.5 Å². The normalized spacial score (nSPS) is 12.6. The van der Waals surface area contributed by atoms with Crippen LogP contribution in [0.3, 0.4) is 0 Å². The molecular formula is C17H23N3O3. The number of hydrogen-bond donors (Lipinski definition) is 1. The van der Waals surface area contributed by atoms with E-state index >= 15 is 0 Å². The highest BCUT2D eigenvalue weighted by Gasteiger charge is 2.24. The number of likely N-dealkylation sites (N-methyl/N-ethyl adjacent to an activating group) is 1. The summed E-state index contributed by atoms with van der Waals surface area (Å²) in [5.74, 6) is -0.121. The summed E-state index contributed by atoms with van der Waals surface area (Å²) in [7, 11) is 1.81. The molecule has 1 aromatic carbocycles. The van der Waals surface area contributed by atoms with E-state index in [1.807, 2.05) is 60.8 Å². The van der Waals surface area contributed by atoms with Crippen LogP contribution in [0.5, 0.6) is 5.75 Å². The van der Waals surface area contributed by atoms with Crippen LogP contribution in [0.1, 0.15) is 25.5 Å². The molecule has 23 heavy (non-hydrogen) atoms. The van der Waals surface area contributed by atoms with E-state index in [0.717, 1.165) is 11.3 Å². The topological polar surface area (TPSA) is 67.6 Å². The van der Waals surface area contributed by atoms with Crippen LogP contribution in [-0.2, 0) is 11.3 Å². The number of aliphatic carboxylic acids is 1. The molecule has 0 fully saturated rings. The Morgan fingerprint density at radius 1 is 1.35 bits per heavy atom. The van der Waals surface area contributed by atoms with Crippen LogP contribution < -0.4 is 4.74 Å². The maximum absolute atomic E-state index is 11.7. The summed E-state index contributed by atoms with van der Waals surface area (Å²) in [4.78, 5) is 17.5. The van der Waals surface area contributed by atoms with Crippen molar-refractivity contribution in [3.8, 4) is 5.75 Å². The number of nitrogens with zero attached hydrogens (tertiary/aromatic N) is 3. The van der Waals surface area contributed by atoms with Gasteiger partial charge in [-0.05, 0) is 38.6 Å². The number of benzene rings is 1. The summed E-state index contributed by atoms with van der Waals surface area (Å²) in [6.45, 7) is 5.21. The maximum atomic E-state index is 11.7. The molecule has 0 saturated carbocycles. The van der Waals surface area contributed by atoms with Crippen LogP contribution >= 0.6 is 0 Å². The van der Waals surface area contributed by atoms with E-state index in [9.17, 15) is 9.90 Å². The number of carboxylic acids is 1. The van der Waals surface area contributed by atoms with Crippen LogP contribution in [-0.4, -0.2) is 45.2 Å². The summed E-state index contributed by atoms with van der Waals surface area (Å²) in [6, 6.07) is 6.56. The lowest BCUT2D eigenvalue weighted by atomic mass is 10.1. The average molecular weight is 317 g/mol. The van der Waals surface area contributed by atoms with Crippen molar-refractivity contribution in [2.45, 2.75) is 32.5 Å². The first-order valence-corrected chi connectivity index (χ1v) is 7.62. The van der Waals surface area contributed by atoms with E-state index in [4.69, 9.17) is 4.74 Å². The third kappa shape index (κ3) is 4.82. The second kappa shape index (κ2) is 7.78. The average Bonchev–Trinajstić information content (AvgIpc) is 2.99. The monoisotopic (exact) mass is 317 g/mol. The summed E-state index contributed by atoms with van der Waals surface area (Å²) in [5, 5.41) is 9.58. The molecule has 124 valence electrons. The number of carboxylic acid groups (broad SMARTS) is 1. The number of ether oxygens (including phenoxy) is 1. The zero-order chi connectivity index (χ0) is 16.8. The van der Waals surface area contributed by atoms with Crippen LogP contribution in [0.15, 0.2) is 43.0 Å². The lowest BCUT2D eigenvalue weighted by Crippen LogP contribution is -2.33. The lowest BCUT2D eigenvalue weighted by molar-refractivity contribution is -0.143. The summed E-state index contributed by atoms with van der Waals surface area (Å²) >= 11 is 0. The van der Waals surface area contributed by atoms with Gasteiger partial charge in [-0.15, -0.1) is 0 Å². The molecular weight excluding hydrogens is 294 g/mol. The van der Waals surface area contributed by atoms with Gasteiger partial charge in [0.2, 0.25) is 0 Å². The van der Waals surface area contributed by atoms with Gasteiger partial charge in [-0.1, -0.05) is 12.1 Å². The van der Waals surface area contributed by atoms with Gasteiger partial charge in [0.05, 0.1) is 12.4 Å². The second-order valence-corrected chi connectivity index (χ2v) is 5.76. The van der Waals surface area contributed by atoms with E-state index in [1.165, 1.54) is 0 Å². The Hall–Kier alpha value is -2.34. The zero-order valence-electron chi connectivity index (χ0n) is 13.7. The SMILES string of the molecule is CC(C)Oc1ccc([C@H](C(=O)O)N(C)CCn2ccnc2)cc1. The van der Waals surface area contributed by atoms with Crippen LogP contribution in [0.4, 0.5) is 0 Å². The van der Waals surface area contributed by atoms with E-state index in [-0.39, 0.29) is 6.10 Å². The fraction of sp³-hybridized carbons (Fsp3) is 0.412. The van der Waals surface area contributed by atoms with Crippen LogP contribution in [0, 0.1) is 0 Å². The minimum absolute atomic E-state index is 0.0916. The van der Waals surface area contributed by atoms with Gasteiger partial charge >= 0.3 is 5.97 Å². The number of rotatable bonds is 8. The molecule has 2 aromatic rings. The van der Waals surface area contributed by atoms with Gasteiger partial charge in [-0.3, -0.25) is 9.69 Å². The first-order valence-electron chi connectivity index (χ1n) is 7.62. The van der Waals surface area contributed by atoms with E-state index < -0.39 is 12.0 Å². The molecule has 0 saturated heterocycles. The molecule has 0 aliphatic rings. The highest BCUT2D eigenvalue weighted by molar-refractivity contribution is 5.75. The molecule has 0 aliphatic carbocycles. The van der Waals surface area contributed by atoms with Gasteiger partial charge in [-0.25, -0.2) is 4.98 Å². The van der Waals surface area contributed by atoms with Crippen molar-refractivity contribution in [3.63, 3.8) is 0 Å². The van der Waals surface area contributed by atoms with Crippen molar-refractivity contribution < 1.29 is 14.6 Å². The molecule has 1 aromatic heterocycles. The predicted octanol–water partition coefficient (Wildman–Crippen LogP) is 2.43. The zero-order valence-corrected chi connectivity index (χ0v) is 13.7. The molecule has 0 amide bonds. The highest BCUT2D eigenvalue weighted by Crippen LogP contribution is 2.23. The van der Waals surface area contributed by atoms with Crippen molar-refractivity contribution in [2.75, 3.05) is 13.6 Å². The Kier molecular flexibility index (Phi) is 5.76. The largest absolute Gasteiger partial charge is 0.491 e. The molecule has 2 rings (SSSR count). The Morgan fingerprint density at radius 3 is 2.57 bits per heavy atom. The molecule has 0 bridgehead atoms. The second-order valence-electron chi connectivity index (χ2n) is 5.76. The van der Waals surface area contributed by atoms with E-state index in [0.29, 0.717) is 13.1 Å². The Labute approximate surface area is 136 Å². The van der Waals surface area contributed by atoms with Gasteiger partial charge in [0, 0.05) is 25.5 Å². The molecule has 1 heterocycles. The Balaban J connectivity index is 2.06. The summed E-state index contributed by atoms with van der Waals surface area (Å²) in [5.41, 5.74) is 0.738. The maximum Gasteiger partial charge on any atom is 0.325 e. The molecule has 0 spiro atoms. The molecule has 6 nitrogen and oxygen atoms in total. The van der Waals surface area contributed by atoms with Crippen LogP contribution in [0.2, 0.25) is 0 Å². The van der Waals surface area contributed by atoms with Crippen molar-refractivity contribution >= 4 is 5.97 Å². The van der Waals surface area contributed by atoms with E-state index in [1.54, 1.807) is 12.5 Å². The van der Waals surface area contributed by atoms with Crippen molar-refractivity contribution in [1.82, 2.24) is 14.5 Å². The Bertz CT molecular complexity index is 609. The van der Waals surface area contributed by atoms with Crippen molar-refractivity contribution in [2.24, 2.45) is 0 Å². The smallest absolute Gasteiger partial charge is 0.325 e. The predicted molar refractivity (Wildman–Crippen MR) is 87.4 cm³/mol. The molecule has 6 heteroatoms. The van der Waals surface area contributed by atoms with Gasteiger partial charge in [0.15, 0.2) is 0 Å². The standard InChI is InChI=1S/C17H23N3O3/c1-13(2)23-15-6-4-14(5-7-15)16(17(21)22)19(3)10-11-20-9-8-18-12-20/h4-9,12-13,16H,10-11H2,1-3H3,(H,21,22)/t16-/m1/s1. The molecule has 1 N–H and O–H groups in total. The molecule has 0 radical (unpaired) electrons.